The van der Waals surface area contributed by atoms with Crippen LogP contribution in [0.4, 0.5) is 0 Å². The molecule has 1 heterocycles. The summed E-state index contributed by atoms with van der Waals surface area (Å²) >= 11 is 5.95. The number of fused-ring (bicyclic) bond motifs is 1. The number of carbonyl (C=O) groups is 1. The van der Waals surface area contributed by atoms with Crippen LogP contribution in [0.2, 0.25) is 5.02 Å². The number of carbonyl (C=O) groups excluding carboxylic acids is 1. The van der Waals surface area contributed by atoms with Crippen LogP contribution in [0.1, 0.15) is 16.8 Å². The molecule has 1 aliphatic heterocycles. The lowest BCUT2D eigenvalue weighted by atomic mass is 9.72. The number of hydrogen-bond donors (Lipinski definition) is 3. The zero-order valence-electron chi connectivity index (χ0n) is 10.2. The molecule has 0 aromatic heterocycles. The minimum absolute atomic E-state index is 0.00227. The highest BCUT2D eigenvalue weighted by Crippen LogP contribution is 2.38. The first-order chi connectivity index (χ1) is 9.08. The molecule has 5 nitrogen and oxygen atoms in total. The summed E-state index contributed by atoms with van der Waals surface area (Å²) in [5.41, 5.74) is 6.27. The highest BCUT2D eigenvalue weighted by molar-refractivity contribution is 6.33. The average molecular weight is 283 g/mol. The Morgan fingerprint density at radius 2 is 2.32 bits per heavy atom. The minimum Gasteiger partial charge on any atom is -0.508 e. The van der Waals surface area contributed by atoms with E-state index in [-0.39, 0.29) is 35.4 Å². The third kappa shape index (κ3) is 2.08. The molecule has 3 rings (SSSR count). The molecular formula is C13H15ClN2O3. The van der Waals surface area contributed by atoms with Gasteiger partial charge in [0, 0.05) is 18.6 Å². The van der Waals surface area contributed by atoms with E-state index in [1.165, 1.54) is 18.2 Å². The number of aromatic hydroxyl groups is 1. The number of amides is 1. The van der Waals surface area contributed by atoms with Crippen molar-refractivity contribution in [3.05, 3.63) is 28.8 Å². The Morgan fingerprint density at radius 3 is 3.11 bits per heavy atom. The number of phenols is 1. The highest BCUT2D eigenvalue weighted by atomic mass is 35.5. The number of hydrogen-bond acceptors (Lipinski definition) is 4. The number of rotatable bonds is 2. The molecule has 4 unspecified atom stereocenters. The Kier molecular flexibility index (Phi) is 3.12. The lowest BCUT2D eigenvalue weighted by molar-refractivity contribution is -0.0161. The van der Waals surface area contributed by atoms with E-state index in [0.717, 1.165) is 6.42 Å². The maximum atomic E-state index is 12.1. The zero-order valence-corrected chi connectivity index (χ0v) is 10.9. The number of nitrogens with one attached hydrogen (secondary N) is 1. The first-order valence-electron chi connectivity index (χ1n) is 6.24. The molecule has 1 aromatic carbocycles. The molecular weight excluding hydrogens is 268 g/mol. The molecule has 1 aromatic rings. The van der Waals surface area contributed by atoms with Crippen molar-refractivity contribution >= 4 is 17.5 Å². The van der Waals surface area contributed by atoms with Gasteiger partial charge in [-0.2, -0.15) is 0 Å². The van der Waals surface area contributed by atoms with Crippen molar-refractivity contribution in [1.82, 2.24) is 5.32 Å². The molecule has 4 atom stereocenters. The van der Waals surface area contributed by atoms with Gasteiger partial charge in [-0.05, 0) is 24.6 Å². The van der Waals surface area contributed by atoms with Crippen LogP contribution >= 0.6 is 11.6 Å². The second kappa shape index (κ2) is 4.67. The first kappa shape index (κ1) is 12.7. The van der Waals surface area contributed by atoms with E-state index in [2.05, 4.69) is 5.32 Å². The summed E-state index contributed by atoms with van der Waals surface area (Å²) in [7, 11) is 0. The fraction of sp³-hybridized carbons (Fsp3) is 0.462. The van der Waals surface area contributed by atoms with Gasteiger partial charge in [-0.25, -0.2) is 0 Å². The van der Waals surface area contributed by atoms with Crippen LogP contribution < -0.4 is 11.1 Å². The topological polar surface area (TPSA) is 84.6 Å². The number of nitrogens with two attached hydrogens (primary N) is 1. The fourth-order valence-corrected chi connectivity index (χ4v) is 3.05. The van der Waals surface area contributed by atoms with Gasteiger partial charge in [0.2, 0.25) is 0 Å². The van der Waals surface area contributed by atoms with Gasteiger partial charge in [0.25, 0.3) is 5.91 Å². The Morgan fingerprint density at radius 1 is 1.53 bits per heavy atom. The molecule has 2 aliphatic rings. The molecule has 0 spiro atoms. The summed E-state index contributed by atoms with van der Waals surface area (Å²) in [6.45, 7) is 0.697. The predicted octanol–water partition coefficient (Wildman–Crippen LogP) is 0.890. The molecule has 4 N–H and O–H groups in total. The monoisotopic (exact) mass is 282 g/mol. The molecule has 0 bridgehead atoms. The summed E-state index contributed by atoms with van der Waals surface area (Å²) in [5, 5.41) is 12.5. The van der Waals surface area contributed by atoms with E-state index in [4.69, 9.17) is 22.1 Å². The Bertz CT molecular complexity index is 523. The summed E-state index contributed by atoms with van der Waals surface area (Å²) in [6.07, 6.45) is 0.959. The van der Waals surface area contributed by atoms with E-state index in [0.29, 0.717) is 17.5 Å². The van der Waals surface area contributed by atoms with Crippen molar-refractivity contribution in [2.24, 2.45) is 11.7 Å². The van der Waals surface area contributed by atoms with Crippen LogP contribution in [0, 0.1) is 5.92 Å². The maximum absolute atomic E-state index is 12.1. The normalized spacial score (nSPS) is 32.5. The van der Waals surface area contributed by atoms with Crippen molar-refractivity contribution in [2.75, 3.05) is 6.61 Å². The molecule has 1 aliphatic carbocycles. The van der Waals surface area contributed by atoms with E-state index in [9.17, 15) is 9.90 Å². The fourth-order valence-electron chi connectivity index (χ4n) is 2.84. The molecule has 1 saturated carbocycles. The van der Waals surface area contributed by atoms with Crippen molar-refractivity contribution in [1.29, 1.82) is 0 Å². The van der Waals surface area contributed by atoms with Gasteiger partial charge < -0.3 is 20.9 Å². The number of benzene rings is 1. The Balaban J connectivity index is 1.73. The molecule has 1 amide bonds. The van der Waals surface area contributed by atoms with Gasteiger partial charge in [-0.1, -0.05) is 11.6 Å². The van der Waals surface area contributed by atoms with Gasteiger partial charge in [0.15, 0.2) is 0 Å². The third-order valence-corrected chi connectivity index (χ3v) is 4.27. The van der Waals surface area contributed by atoms with Crippen LogP contribution in [0.3, 0.4) is 0 Å². The summed E-state index contributed by atoms with van der Waals surface area (Å²) < 4.78 is 5.55. The molecule has 6 heteroatoms. The lowest BCUT2D eigenvalue weighted by Gasteiger charge is -2.45. The molecule has 2 fully saturated rings. The van der Waals surface area contributed by atoms with E-state index < -0.39 is 0 Å². The predicted molar refractivity (Wildman–Crippen MR) is 70.2 cm³/mol. The van der Waals surface area contributed by atoms with Crippen molar-refractivity contribution in [3.63, 3.8) is 0 Å². The van der Waals surface area contributed by atoms with E-state index >= 15 is 0 Å². The second-order valence-corrected chi connectivity index (χ2v) is 5.44. The number of halogens is 1. The minimum atomic E-state index is -0.338. The van der Waals surface area contributed by atoms with Crippen LogP contribution in [-0.2, 0) is 4.74 Å². The lowest BCUT2D eigenvalue weighted by Crippen LogP contribution is -2.68. The summed E-state index contributed by atoms with van der Waals surface area (Å²) in [4.78, 5) is 12.1. The summed E-state index contributed by atoms with van der Waals surface area (Å²) in [6, 6.07) is 4.01. The van der Waals surface area contributed by atoms with Gasteiger partial charge in [0.05, 0.1) is 22.7 Å². The highest BCUT2D eigenvalue weighted by Gasteiger charge is 2.52. The Hall–Kier alpha value is -1.30. The molecule has 19 heavy (non-hydrogen) atoms. The molecule has 102 valence electrons. The quantitative estimate of drug-likeness (QED) is 0.752. The van der Waals surface area contributed by atoms with E-state index in [1.807, 2.05) is 0 Å². The van der Waals surface area contributed by atoms with Crippen LogP contribution in [-0.4, -0.2) is 35.8 Å². The average Bonchev–Trinajstić information content (AvgIpc) is 2.83. The molecule has 0 radical (unpaired) electrons. The first-order valence-corrected chi connectivity index (χ1v) is 6.62. The largest absolute Gasteiger partial charge is 0.508 e. The number of ether oxygens (including phenoxy) is 1. The van der Waals surface area contributed by atoms with Crippen molar-refractivity contribution in [3.8, 4) is 5.75 Å². The van der Waals surface area contributed by atoms with Gasteiger partial charge in [0.1, 0.15) is 5.75 Å². The van der Waals surface area contributed by atoms with Crippen LogP contribution in [0.15, 0.2) is 18.2 Å². The van der Waals surface area contributed by atoms with Gasteiger partial charge in [-0.3, -0.25) is 4.79 Å². The maximum Gasteiger partial charge on any atom is 0.253 e. The standard InChI is InChI=1S/C13H15ClN2O3/c14-9-2-1-6(17)5-8(9)13(18)16-11-10(15)7-3-4-19-12(7)11/h1-2,5,7,10-12,17H,3-4,15H2,(H,16,18). The third-order valence-electron chi connectivity index (χ3n) is 3.94. The smallest absolute Gasteiger partial charge is 0.253 e. The second-order valence-electron chi connectivity index (χ2n) is 5.03. The number of phenolic OH excluding ortho intramolecular Hbond substituents is 1. The van der Waals surface area contributed by atoms with Gasteiger partial charge in [-0.15, -0.1) is 0 Å². The SMILES string of the molecule is NC1C2CCOC2C1NC(=O)c1cc(O)ccc1Cl. The van der Waals surface area contributed by atoms with Crippen LogP contribution in [0.5, 0.6) is 5.75 Å². The zero-order chi connectivity index (χ0) is 13.6. The summed E-state index contributed by atoms with van der Waals surface area (Å²) in [5.74, 6) is 0.00250. The van der Waals surface area contributed by atoms with Gasteiger partial charge >= 0.3 is 0 Å². The van der Waals surface area contributed by atoms with Crippen molar-refractivity contribution in [2.45, 2.75) is 24.6 Å². The Labute approximate surface area is 115 Å². The van der Waals surface area contributed by atoms with Crippen molar-refractivity contribution < 1.29 is 14.6 Å². The molecule has 1 saturated heterocycles. The van der Waals surface area contributed by atoms with E-state index in [1.54, 1.807) is 0 Å². The van der Waals surface area contributed by atoms with Crippen LogP contribution in [0.25, 0.3) is 0 Å².